The largest absolute Gasteiger partial charge is 0.308 e. The fraction of sp³-hybridized carbons (Fsp3) is 0.667. The SMILES string of the molecule is CNC(C)(C)c1nc(C)cc(C(C)C)n1. The summed E-state index contributed by atoms with van der Waals surface area (Å²) in [6.07, 6.45) is 0. The maximum atomic E-state index is 4.60. The number of hydrogen-bond acceptors (Lipinski definition) is 3. The molecule has 1 aromatic rings. The van der Waals surface area contributed by atoms with Crippen molar-refractivity contribution in [1.82, 2.24) is 15.3 Å². The average molecular weight is 207 g/mol. The third kappa shape index (κ3) is 2.75. The average Bonchev–Trinajstić information content (AvgIpc) is 2.16. The first-order chi connectivity index (χ1) is 6.86. The van der Waals surface area contributed by atoms with E-state index in [-0.39, 0.29) is 5.54 Å². The fourth-order valence-electron chi connectivity index (χ4n) is 1.28. The Bertz CT molecular complexity index is 343. The highest BCUT2D eigenvalue weighted by molar-refractivity contribution is 5.16. The molecule has 0 amide bonds. The molecule has 1 rings (SSSR count). The molecule has 0 spiro atoms. The van der Waals surface area contributed by atoms with Crippen molar-refractivity contribution < 1.29 is 0 Å². The molecule has 1 N–H and O–H groups in total. The third-order valence-electron chi connectivity index (χ3n) is 2.65. The zero-order valence-electron chi connectivity index (χ0n) is 10.5. The fourth-order valence-corrected chi connectivity index (χ4v) is 1.28. The van der Waals surface area contributed by atoms with E-state index in [1.807, 2.05) is 14.0 Å². The van der Waals surface area contributed by atoms with Crippen molar-refractivity contribution in [2.24, 2.45) is 0 Å². The van der Waals surface area contributed by atoms with Gasteiger partial charge in [0.1, 0.15) is 5.82 Å². The molecule has 0 aliphatic heterocycles. The van der Waals surface area contributed by atoms with Gasteiger partial charge in [-0.3, -0.25) is 0 Å². The smallest absolute Gasteiger partial charge is 0.148 e. The molecule has 3 nitrogen and oxygen atoms in total. The van der Waals surface area contributed by atoms with E-state index in [0.717, 1.165) is 17.2 Å². The van der Waals surface area contributed by atoms with E-state index in [0.29, 0.717) is 5.92 Å². The molecule has 0 saturated heterocycles. The molecule has 0 radical (unpaired) electrons. The van der Waals surface area contributed by atoms with Crippen LogP contribution in [-0.2, 0) is 5.54 Å². The first-order valence-corrected chi connectivity index (χ1v) is 5.42. The van der Waals surface area contributed by atoms with E-state index in [9.17, 15) is 0 Å². The van der Waals surface area contributed by atoms with Crippen LogP contribution in [0.2, 0.25) is 0 Å². The number of rotatable bonds is 3. The van der Waals surface area contributed by atoms with Crippen molar-refractivity contribution in [3.05, 3.63) is 23.3 Å². The van der Waals surface area contributed by atoms with Crippen LogP contribution >= 0.6 is 0 Å². The van der Waals surface area contributed by atoms with Gasteiger partial charge in [0.2, 0.25) is 0 Å². The number of aryl methyl sites for hydroxylation is 1. The normalized spacial score (nSPS) is 12.2. The van der Waals surface area contributed by atoms with E-state index in [2.05, 4.69) is 49.0 Å². The quantitative estimate of drug-likeness (QED) is 0.827. The molecule has 0 aromatic carbocycles. The van der Waals surface area contributed by atoms with Crippen LogP contribution in [0.3, 0.4) is 0 Å². The standard InChI is InChI=1S/C12H21N3/c1-8(2)10-7-9(3)14-11(15-10)12(4,5)13-6/h7-8,13H,1-6H3. The van der Waals surface area contributed by atoms with Crippen LogP contribution in [0.1, 0.15) is 50.8 Å². The molecule has 0 saturated carbocycles. The molecule has 0 bridgehead atoms. The van der Waals surface area contributed by atoms with Gasteiger partial charge in [-0.1, -0.05) is 13.8 Å². The summed E-state index contributed by atoms with van der Waals surface area (Å²) in [6, 6.07) is 2.06. The van der Waals surface area contributed by atoms with Gasteiger partial charge >= 0.3 is 0 Å². The molecule has 0 atom stereocenters. The van der Waals surface area contributed by atoms with Crippen LogP contribution in [0.15, 0.2) is 6.07 Å². The van der Waals surface area contributed by atoms with E-state index < -0.39 is 0 Å². The lowest BCUT2D eigenvalue weighted by atomic mass is 10.0. The number of hydrogen-bond donors (Lipinski definition) is 1. The Kier molecular flexibility index (Phi) is 3.45. The molecule has 15 heavy (non-hydrogen) atoms. The van der Waals surface area contributed by atoms with Crippen LogP contribution in [0, 0.1) is 6.92 Å². The summed E-state index contributed by atoms with van der Waals surface area (Å²) in [5, 5.41) is 3.23. The van der Waals surface area contributed by atoms with E-state index in [1.54, 1.807) is 0 Å². The van der Waals surface area contributed by atoms with Crippen LogP contribution < -0.4 is 5.32 Å². The minimum atomic E-state index is -0.171. The highest BCUT2D eigenvalue weighted by atomic mass is 15.0. The van der Waals surface area contributed by atoms with Crippen molar-refractivity contribution in [3.8, 4) is 0 Å². The van der Waals surface area contributed by atoms with Crippen molar-refractivity contribution in [3.63, 3.8) is 0 Å². The zero-order chi connectivity index (χ0) is 11.6. The predicted octanol–water partition coefficient (Wildman–Crippen LogP) is 2.36. The summed E-state index contributed by atoms with van der Waals surface area (Å²) >= 11 is 0. The van der Waals surface area contributed by atoms with Gasteiger partial charge in [-0.25, -0.2) is 9.97 Å². The first-order valence-electron chi connectivity index (χ1n) is 5.42. The van der Waals surface area contributed by atoms with Crippen molar-refractivity contribution in [1.29, 1.82) is 0 Å². The Morgan fingerprint density at radius 1 is 1.27 bits per heavy atom. The number of aromatic nitrogens is 2. The van der Waals surface area contributed by atoms with Crippen LogP contribution in [0.4, 0.5) is 0 Å². The van der Waals surface area contributed by atoms with E-state index in [1.165, 1.54) is 0 Å². The Labute approximate surface area is 92.3 Å². The summed E-state index contributed by atoms with van der Waals surface area (Å²) in [7, 11) is 1.93. The molecular weight excluding hydrogens is 186 g/mol. The van der Waals surface area contributed by atoms with Crippen molar-refractivity contribution in [2.45, 2.75) is 46.1 Å². The summed E-state index contributed by atoms with van der Waals surface area (Å²) in [6.45, 7) is 10.5. The van der Waals surface area contributed by atoms with E-state index in [4.69, 9.17) is 0 Å². The van der Waals surface area contributed by atoms with Crippen LogP contribution in [0.25, 0.3) is 0 Å². The Morgan fingerprint density at radius 3 is 2.33 bits per heavy atom. The second-order valence-electron chi connectivity index (χ2n) is 4.79. The Balaban J connectivity index is 3.20. The monoisotopic (exact) mass is 207 g/mol. The zero-order valence-corrected chi connectivity index (χ0v) is 10.5. The first kappa shape index (κ1) is 12.1. The lowest BCUT2D eigenvalue weighted by molar-refractivity contribution is 0.413. The second kappa shape index (κ2) is 4.27. The van der Waals surface area contributed by atoms with Gasteiger partial charge in [-0.2, -0.15) is 0 Å². The highest BCUT2D eigenvalue weighted by Gasteiger charge is 2.22. The topological polar surface area (TPSA) is 37.8 Å². The van der Waals surface area contributed by atoms with Gasteiger partial charge < -0.3 is 5.32 Å². The van der Waals surface area contributed by atoms with Crippen molar-refractivity contribution >= 4 is 0 Å². The molecule has 3 heteroatoms. The number of nitrogens with zero attached hydrogens (tertiary/aromatic N) is 2. The molecule has 1 aromatic heterocycles. The van der Waals surface area contributed by atoms with Gasteiger partial charge in [-0.05, 0) is 39.8 Å². The third-order valence-corrected chi connectivity index (χ3v) is 2.65. The van der Waals surface area contributed by atoms with Crippen molar-refractivity contribution in [2.75, 3.05) is 7.05 Å². The Morgan fingerprint density at radius 2 is 1.87 bits per heavy atom. The molecule has 0 fully saturated rings. The molecule has 84 valence electrons. The molecular formula is C12H21N3. The minimum Gasteiger partial charge on any atom is -0.308 e. The van der Waals surface area contributed by atoms with Crippen LogP contribution in [-0.4, -0.2) is 17.0 Å². The molecule has 0 aliphatic carbocycles. The number of nitrogens with one attached hydrogen (secondary N) is 1. The lowest BCUT2D eigenvalue weighted by Gasteiger charge is -2.23. The van der Waals surface area contributed by atoms with Crippen LogP contribution in [0.5, 0.6) is 0 Å². The van der Waals surface area contributed by atoms with Gasteiger partial charge in [0.25, 0.3) is 0 Å². The lowest BCUT2D eigenvalue weighted by Crippen LogP contribution is -2.35. The highest BCUT2D eigenvalue weighted by Crippen LogP contribution is 2.19. The maximum Gasteiger partial charge on any atom is 0.148 e. The second-order valence-corrected chi connectivity index (χ2v) is 4.79. The Hall–Kier alpha value is -0.960. The predicted molar refractivity (Wildman–Crippen MR) is 62.9 cm³/mol. The van der Waals surface area contributed by atoms with Gasteiger partial charge in [0, 0.05) is 11.4 Å². The van der Waals surface area contributed by atoms with Gasteiger partial charge in [0.15, 0.2) is 0 Å². The minimum absolute atomic E-state index is 0.171. The van der Waals surface area contributed by atoms with Gasteiger partial charge in [0.05, 0.1) is 5.54 Å². The van der Waals surface area contributed by atoms with Gasteiger partial charge in [-0.15, -0.1) is 0 Å². The maximum absolute atomic E-state index is 4.60. The summed E-state index contributed by atoms with van der Waals surface area (Å²) in [4.78, 5) is 9.09. The summed E-state index contributed by atoms with van der Waals surface area (Å²) in [5.41, 5.74) is 1.98. The molecule has 0 unspecified atom stereocenters. The molecule has 1 heterocycles. The summed E-state index contributed by atoms with van der Waals surface area (Å²) in [5.74, 6) is 1.31. The molecule has 0 aliphatic rings. The summed E-state index contributed by atoms with van der Waals surface area (Å²) < 4.78 is 0. The van der Waals surface area contributed by atoms with E-state index >= 15 is 0 Å².